The van der Waals surface area contributed by atoms with Crippen molar-refractivity contribution in [1.29, 1.82) is 0 Å². The van der Waals surface area contributed by atoms with Crippen LogP contribution in [-0.4, -0.2) is 30.4 Å². The zero-order chi connectivity index (χ0) is 21.5. The van der Waals surface area contributed by atoms with Gasteiger partial charge in [-0.2, -0.15) is 0 Å². The summed E-state index contributed by atoms with van der Waals surface area (Å²) in [5.41, 5.74) is 1.88. The highest BCUT2D eigenvalue weighted by atomic mass is 16.5. The number of nitrogens with zero attached hydrogens (tertiary/aromatic N) is 1. The topological polar surface area (TPSA) is 87.7 Å². The molecule has 2 aliphatic heterocycles. The summed E-state index contributed by atoms with van der Waals surface area (Å²) in [6, 6.07) is 18.8. The van der Waals surface area contributed by atoms with Gasteiger partial charge in [-0.25, -0.2) is 0 Å². The van der Waals surface area contributed by atoms with Gasteiger partial charge in [0.25, 0.3) is 5.91 Å². The van der Waals surface area contributed by atoms with E-state index in [1.165, 1.54) is 0 Å². The summed E-state index contributed by atoms with van der Waals surface area (Å²) < 4.78 is 5.54. The number of carbonyl (C=O) groups excluding carboxylic acids is 3. The van der Waals surface area contributed by atoms with Crippen LogP contribution in [0.4, 0.5) is 17.1 Å². The summed E-state index contributed by atoms with van der Waals surface area (Å²) in [4.78, 5) is 39.1. The minimum atomic E-state index is -0.558. The lowest BCUT2D eigenvalue weighted by molar-refractivity contribution is -0.122. The van der Waals surface area contributed by atoms with E-state index in [4.69, 9.17) is 4.74 Å². The quantitative estimate of drug-likeness (QED) is 0.685. The Hall–Kier alpha value is -3.87. The molecule has 156 valence electrons. The third-order valence-corrected chi connectivity index (χ3v) is 5.73. The van der Waals surface area contributed by atoms with Gasteiger partial charge in [0.2, 0.25) is 11.8 Å². The Morgan fingerprint density at radius 3 is 2.77 bits per heavy atom. The maximum absolute atomic E-state index is 12.9. The molecule has 2 atom stereocenters. The molecule has 0 aromatic heterocycles. The summed E-state index contributed by atoms with van der Waals surface area (Å²) in [6.45, 7) is 1.99. The number of anilines is 3. The number of fused-ring (bicyclic) bond motifs is 2. The number of hydrogen-bond acceptors (Lipinski definition) is 4. The first-order valence-electron chi connectivity index (χ1n) is 10.2. The van der Waals surface area contributed by atoms with Crippen molar-refractivity contribution in [2.24, 2.45) is 5.92 Å². The molecule has 0 bridgehead atoms. The van der Waals surface area contributed by atoms with Crippen LogP contribution in [0.5, 0.6) is 5.75 Å². The zero-order valence-corrected chi connectivity index (χ0v) is 16.9. The van der Waals surface area contributed by atoms with Gasteiger partial charge < -0.3 is 20.3 Å². The van der Waals surface area contributed by atoms with Crippen molar-refractivity contribution in [3.8, 4) is 5.75 Å². The molecule has 2 heterocycles. The summed E-state index contributed by atoms with van der Waals surface area (Å²) in [5, 5.41) is 7.67. The number of ether oxygens (including phenoxy) is 1. The smallest absolute Gasteiger partial charge is 0.265 e. The molecule has 3 amide bonds. The molecule has 0 spiro atoms. The van der Waals surface area contributed by atoms with E-state index in [2.05, 4.69) is 10.6 Å². The molecule has 0 saturated carbocycles. The molecule has 3 aromatic carbocycles. The van der Waals surface area contributed by atoms with E-state index in [0.29, 0.717) is 23.7 Å². The van der Waals surface area contributed by atoms with Crippen LogP contribution in [0.15, 0.2) is 60.7 Å². The van der Waals surface area contributed by atoms with Crippen LogP contribution in [0.25, 0.3) is 10.8 Å². The number of amides is 3. The van der Waals surface area contributed by atoms with E-state index in [-0.39, 0.29) is 24.1 Å². The monoisotopic (exact) mass is 415 g/mol. The Bertz CT molecular complexity index is 1220. The van der Waals surface area contributed by atoms with Crippen molar-refractivity contribution in [1.82, 2.24) is 0 Å². The van der Waals surface area contributed by atoms with Gasteiger partial charge in [0, 0.05) is 24.0 Å². The van der Waals surface area contributed by atoms with Gasteiger partial charge in [-0.05, 0) is 36.6 Å². The Balaban J connectivity index is 1.33. The highest BCUT2D eigenvalue weighted by Crippen LogP contribution is 2.34. The Morgan fingerprint density at radius 2 is 1.90 bits per heavy atom. The standard InChI is InChI=1S/C24H21N3O4/c1-14-23(29)26-19-12-17(9-10-21(19)31-14)25-24(30)16-11-22(28)27(13-16)20-8-4-6-15-5-2-3-7-18(15)20/h2-10,12,14,16H,11,13H2,1H3,(H,25,30)(H,26,29)/t14-,16+/m1/s1. The van der Waals surface area contributed by atoms with Gasteiger partial charge >= 0.3 is 0 Å². The molecule has 5 rings (SSSR count). The molecule has 1 fully saturated rings. The summed E-state index contributed by atoms with van der Waals surface area (Å²) in [6.07, 6.45) is -0.408. The third kappa shape index (κ3) is 3.48. The second-order valence-electron chi connectivity index (χ2n) is 7.85. The van der Waals surface area contributed by atoms with Crippen LogP contribution in [-0.2, 0) is 14.4 Å². The van der Waals surface area contributed by atoms with Gasteiger partial charge in [-0.15, -0.1) is 0 Å². The lowest BCUT2D eigenvalue weighted by Crippen LogP contribution is -2.34. The summed E-state index contributed by atoms with van der Waals surface area (Å²) in [5.74, 6) is -0.441. The lowest BCUT2D eigenvalue weighted by atomic mass is 10.1. The fraction of sp³-hybridized carbons (Fsp3) is 0.208. The van der Waals surface area contributed by atoms with Crippen LogP contribution >= 0.6 is 0 Å². The number of rotatable bonds is 3. The molecule has 0 unspecified atom stereocenters. The van der Waals surface area contributed by atoms with E-state index < -0.39 is 12.0 Å². The fourth-order valence-corrected chi connectivity index (χ4v) is 4.09. The van der Waals surface area contributed by atoms with Crippen LogP contribution in [0.2, 0.25) is 0 Å². The molecule has 0 aliphatic carbocycles. The van der Waals surface area contributed by atoms with Gasteiger partial charge in [0.05, 0.1) is 17.3 Å². The maximum Gasteiger partial charge on any atom is 0.265 e. The molecule has 0 radical (unpaired) electrons. The summed E-state index contributed by atoms with van der Waals surface area (Å²) in [7, 11) is 0. The normalized spacial score (nSPS) is 20.2. The minimum Gasteiger partial charge on any atom is -0.479 e. The Morgan fingerprint density at radius 1 is 1.10 bits per heavy atom. The highest BCUT2D eigenvalue weighted by molar-refractivity contribution is 6.08. The fourth-order valence-electron chi connectivity index (χ4n) is 4.09. The second-order valence-corrected chi connectivity index (χ2v) is 7.85. The summed E-state index contributed by atoms with van der Waals surface area (Å²) >= 11 is 0. The molecule has 31 heavy (non-hydrogen) atoms. The molecular formula is C24H21N3O4. The predicted molar refractivity (Wildman–Crippen MR) is 118 cm³/mol. The van der Waals surface area contributed by atoms with E-state index in [1.807, 2.05) is 42.5 Å². The molecule has 2 N–H and O–H groups in total. The van der Waals surface area contributed by atoms with Crippen molar-refractivity contribution < 1.29 is 19.1 Å². The van der Waals surface area contributed by atoms with Gasteiger partial charge in [-0.3, -0.25) is 14.4 Å². The van der Waals surface area contributed by atoms with E-state index >= 15 is 0 Å². The second kappa shape index (κ2) is 7.43. The SMILES string of the molecule is C[C@H]1Oc2ccc(NC(=O)[C@H]3CC(=O)N(c4cccc5ccccc45)C3)cc2NC1=O. The largest absolute Gasteiger partial charge is 0.479 e. The average molecular weight is 415 g/mol. The first-order chi connectivity index (χ1) is 15.0. The molecule has 7 nitrogen and oxygen atoms in total. The van der Waals surface area contributed by atoms with Crippen molar-refractivity contribution in [3.05, 3.63) is 60.7 Å². The van der Waals surface area contributed by atoms with Gasteiger partial charge in [-0.1, -0.05) is 36.4 Å². The average Bonchev–Trinajstić information content (AvgIpc) is 3.16. The lowest BCUT2D eigenvalue weighted by Gasteiger charge is -2.24. The first-order valence-corrected chi connectivity index (χ1v) is 10.2. The van der Waals surface area contributed by atoms with Crippen LogP contribution in [0.1, 0.15) is 13.3 Å². The zero-order valence-electron chi connectivity index (χ0n) is 16.9. The number of hydrogen-bond donors (Lipinski definition) is 2. The van der Waals surface area contributed by atoms with E-state index in [1.54, 1.807) is 30.0 Å². The van der Waals surface area contributed by atoms with Crippen molar-refractivity contribution in [2.45, 2.75) is 19.4 Å². The third-order valence-electron chi connectivity index (χ3n) is 5.73. The van der Waals surface area contributed by atoms with Crippen LogP contribution in [0.3, 0.4) is 0 Å². The maximum atomic E-state index is 12.9. The highest BCUT2D eigenvalue weighted by Gasteiger charge is 2.36. The Labute approximate surface area is 179 Å². The van der Waals surface area contributed by atoms with Gasteiger partial charge in [0.1, 0.15) is 5.75 Å². The van der Waals surface area contributed by atoms with Crippen LogP contribution < -0.4 is 20.3 Å². The molecule has 7 heteroatoms. The Kier molecular flexibility index (Phi) is 4.58. The van der Waals surface area contributed by atoms with Crippen molar-refractivity contribution >= 4 is 45.6 Å². The minimum absolute atomic E-state index is 0.0726. The first kappa shape index (κ1) is 19.1. The van der Waals surface area contributed by atoms with Crippen LogP contribution in [0, 0.1) is 5.92 Å². The van der Waals surface area contributed by atoms with E-state index in [0.717, 1.165) is 16.5 Å². The number of benzene rings is 3. The molecular weight excluding hydrogens is 394 g/mol. The number of carbonyl (C=O) groups is 3. The van der Waals surface area contributed by atoms with Crippen molar-refractivity contribution in [3.63, 3.8) is 0 Å². The van der Waals surface area contributed by atoms with Crippen molar-refractivity contribution in [2.75, 3.05) is 22.1 Å². The van der Waals surface area contributed by atoms with E-state index in [9.17, 15) is 14.4 Å². The molecule has 1 saturated heterocycles. The number of nitrogens with one attached hydrogen (secondary N) is 2. The molecule has 3 aromatic rings. The molecule has 2 aliphatic rings. The predicted octanol–water partition coefficient (Wildman–Crippen LogP) is 3.55. The van der Waals surface area contributed by atoms with Gasteiger partial charge in [0.15, 0.2) is 6.10 Å².